The van der Waals surface area contributed by atoms with Gasteiger partial charge in [-0.25, -0.2) is 0 Å². The third-order valence-corrected chi connectivity index (χ3v) is 4.52. The Morgan fingerprint density at radius 1 is 1.24 bits per heavy atom. The second-order valence-corrected chi connectivity index (χ2v) is 6.10. The van der Waals surface area contributed by atoms with Crippen LogP contribution in [0.5, 0.6) is 0 Å². The molecule has 0 atom stereocenters. The van der Waals surface area contributed by atoms with E-state index in [9.17, 15) is 9.59 Å². The Labute approximate surface area is 129 Å². The van der Waals surface area contributed by atoms with E-state index in [-0.39, 0.29) is 18.9 Å². The Morgan fingerprint density at radius 3 is 2.33 bits per heavy atom. The maximum Gasteiger partial charge on any atom is 0.305 e. The Hall–Kier alpha value is -1.55. The van der Waals surface area contributed by atoms with Crippen molar-refractivity contribution in [3.63, 3.8) is 0 Å². The number of carboxylic acids is 1. The van der Waals surface area contributed by atoms with Crippen LogP contribution in [0.2, 0.25) is 5.02 Å². The van der Waals surface area contributed by atoms with Gasteiger partial charge in [0.2, 0.25) is 5.91 Å². The summed E-state index contributed by atoms with van der Waals surface area (Å²) in [4.78, 5) is 25.1. The van der Waals surface area contributed by atoms with Crippen molar-refractivity contribution in [2.24, 2.45) is 0 Å². The Balaban J connectivity index is 2.23. The van der Waals surface area contributed by atoms with E-state index in [1.807, 2.05) is 24.3 Å². The summed E-state index contributed by atoms with van der Waals surface area (Å²) in [5.41, 5.74) is 0.467. The maximum absolute atomic E-state index is 12.9. The first-order valence-corrected chi connectivity index (χ1v) is 7.57. The maximum atomic E-state index is 12.9. The lowest BCUT2D eigenvalue weighted by molar-refractivity contribution is -0.139. The van der Waals surface area contributed by atoms with Crippen LogP contribution < -0.4 is 0 Å². The summed E-state index contributed by atoms with van der Waals surface area (Å²) < 4.78 is 0. The molecule has 0 heterocycles. The van der Waals surface area contributed by atoms with E-state index in [1.165, 1.54) is 0 Å². The van der Waals surface area contributed by atoms with E-state index >= 15 is 0 Å². The third kappa shape index (κ3) is 3.38. The summed E-state index contributed by atoms with van der Waals surface area (Å²) in [5.74, 6) is -0.870. The van der Waals surface area contributed by atoms with Gasteiger partial charge in [0.25, 0.3) is 0 Å². The summed E-state index contributed by atoms with van der Waals surface area (Å²) in [5, 5.41) is 9.42. The van der Waals surface area contributed by atoms with Crippen molar-refractivity contribution in [2.75, 3.05) is 13.6 Å². The average Bonchev–Trinajstić information content (AvgIpc) is 2.95. The number of carboxylic acid groups (broad SMARTS) is 1. The molecular weight excluding hydrogens is 290 g/mol. The Kier molecular flexibility index (Phi) is 4.88. The van der Waals surface area contributed by atoms with Gasteiger partial charge in [0, 0.05) is 18.6 Å². The quantitative estimate of drug-likeness (QED) is 0.909. The molecule has 0 saturated heterocycles. The Morgan fingerprint density at radius 2 is 1.81 bits per heavy atom. The van der Waals surface area contributed by atoms with Crippen LogP contribution in [-0.2, 0) is 15.0 Å². The number of halogens is 1. The molecule has 1 N–H and O–H groups in total. The fourth-order valence-electron chi connectivity index (χ4n) is 3.10. The first kappa shape index (κ1) is 15.8. The molecule has 21 heavy (non-hydrogen) atoms. The van der Waals surface area contributed by atoms with Crippen LogP contribution in [0, 0.1) is 0 Å². The normalized spacial score (nSPS) is 16.7. The average molecular weight is 310 g/mol. The molecule has 1 aliphatic carbocycles. The highest BCUT2D eigenvalue weighted by Crippen LogP contribution is 2.42. The molecule has 0 aliphatic heterocycles. The van der Waals surface area contributed by atoms with Crippen LogP contribution in [0.4, 0.5) is 0 Å². The van der Waals surface area contributed by atoms with Crippen LogP contribution >= 0.6 is 11.6 Å². The van der Waals surface area contributed by atoms with Crippen molar-refractivity contribution in [2.45, 2.75) is 37.5 Å². The summed E-state index contributed by atoms with van der Waals surface area (Å²) in [7, 11) is 1.68. The van der Waals surface area contributed by atoms with Gasteiger partial charge in [-0.15, -0.1) is 0 Å². The number of nitrogens with zero attached hydrogens (tertiary/aromatic N) is 1. The molecule has 0 radical (unpaired) electrons. The molecule has 5 heteroatoms. The zero-order chi connectivity index (χ0) is 15.5. The van der Waals surface area contributed by atoms with Gasteiger partial charge in [-0.3, -0.25) is 9.59 Å². The minimum atomic E-state index is -0.887. The highest BCUT2D eigenvalue weighted by Gasteiger charge is 2.44. The summed E-state index contributed by atoms with van der Waals surface area (Å²) in [6.45, 7) is 0.240. The van der Waals surface area contributed by atoms with Gasteiger partial charge < -0.3 is 10.0 Å². The van der Waals surface area contributed by atoms with Crippen molar-refractivity contribution < 1.29 is 14.7 Å². The molecule has 0 aromatic heterocycles. The molecule has 114 valence electrons. The monoisotopic (exact) mass is 309 g/mol. The molecule has 0 bridgehead atoms. The van der Waals surface area contributed by atoms with Crippen LogP contribution in [0.25, 0.3) is 0 Å². The summed E-state index contributed by atoms with van der Waals surface area (Å²) >= 11 is 5.93. The van der Waals surface area contributed by atoms with Gasteiger partial charge in [0.05, 0.1) is 11.8 Å². The molecule has 1 saturated carbocycles. The molecule has 1 aromatic rings. The fraction of sp³-hybridized carbons (Fsp3) is 0.500. The van der Waals surface area contributed by atoms with E-state index in [1.54, 1.807) is 11.9 Å². The minimum absolute atomic E-state index is 0.0172. The summed E-state index contributed by atoms with van der Waals surface area (Å²) in [6.07, 6.45) is 3.62. The highest BCUT2D eigenvalue weighted by molar-refractivity contribution is 6.30. The lowest BCUT2D eigenvalue weighted by Gasteiger charge is -2.33. The summed E-state index contributed by atoms with van der Waals surface area (Å²) in [6, 6.07) is 7.44. The number of hydrogen-bond donors (Lipinski definition) is 1. The second-order valence-electron chi connectivity index (χ2n) is 5.67. The molecule has 1 amide bonds. The third-order valence-electron chi connectivity index (χ3n) is 4.27. The molecule has 2 rings (SSSR count). The molecule has 4 nitrogen and oxygen atoms in total. The van der Waals surface area contributed by atoms with Crippen LogP contribution in [0.1, 0.15) is 37.7 Å². The van der Waals surface area contributed by atoms with Crippen molar-refractivity contribution >= 4 is 23.5 Å². The molecule has 1 fully saturated rings. The number of aliphatic carboxylic acids is 1. The van der Waals surface area contributed by atoms with E-state index in [0.717, 1.165) is 31.2 Å². The largest absolute Gasteiger partial charge is 0.481 e. The smallest absolute Gasteiger partial charge is 0.305 e. The molecule has 1 aromatic carbocycles. The zero-order valence-corrected chi connectivity index (χ0v) is 12.9. The van der Waals surface area contributed by atoms with Gasteiger partial charge in [-0.1, -0.05) is 36.6 Å². The standard InChI is InChI=1S/C16H20ClNO3/c1-18(11-8-14(19)20)15(21)16(9-2-3-10-16)12-4-6-13(17)7-5-12/h4-7H,2-3,8-11H2,1H3,(H,19,20). The number of hydrogen-bond acceptors (Lipinski definition) is 2. The van der Waals surface area contributed by atoms with Crippen molar-refractivity contribution in [1.82, 2.24) is 4.90 Å². The number of rotatable bonds is 5. The lowest BCUT2D eigenvalue weighted by atomic mass is 9.77. The van der Waals surface area contributed by atoms with Gasteiger partial charge >= 0.3 is 5.97 Å². The molecule has 0 spiro atoms. The van der Waals surface area contributed by atoms with Gasteiger partial charge in [0.15, 0.2) is 0 Å². The van der Waals surface area contributed by atoms with Crippen molar-refractivity contribution in [3.05, 3.63) is 34.9 Å². The van der Waals surface area contributed by atoms with Gasteiger partial charge in [0.1, 0.15) is 0 Å². The number of carbonyl (C=O) groups excluding carboxylic acids is 1. The van der Waals surface area contributed by atoms with Crippen molar-refractivity contribution in [3.8, 4) is 0 Å². The van der Waals surface area contributed by atoms with E-state index in [4.69, 9.17) is 16.7 Å². The van der Waals surface area contributed by atoms with Crippen LogP contribution in [0.15, 0.2) is 24.3 Å². The van der Waals surface area contributed by atoms with Crippen molar-refractivity contribution in [1.29, 1.82) is 0 Å². The first-order valence-electron chi connectivity index (χ1n) is 7.19. The molecule has 1 aliphatic rings. The number of carbonyl (C=O) groups is 2. The number of amides is 1. The second kappa shape index (κ2) is 6.48. The molecule has 0 unspecified atom stereocenters. The molecular formula is C16H20ClNO3. The number of benzene rings is 1. The van der Waals surface area contributed by atoms with E-state index in [2.05, 4.69) is 0 Å². The number of likely N-dealkylation sites (N-methyl/N-ethyl adjacent to an activating group) is 1. The van der Waals surface area contributed by atoms with Crippen LogP contribution in [-0.4, -0.2) is 35.5 Å². The minimum Gasteiger partial charge on any atom is -0.481 e. The zero-order valence-electron chi connectivity index (χ0n) is 12.1. The van der Waals surface area contributed by atoms with Crippen LogP contribution in [0.3, 0.4) is 0 Å². The Bertz CT molecular complexity index is 521. The topological polar surface area (TPSA) is 57.6 Å². The predicted octanol–water partition coefficient (Wildman–Crippen LogP) is 3.08. The fourth-order valence-corrected chi connectivity index (χ4v) is 3.23. The lowest BCUT2D eigenvalue weighted by Crippen LogP contribution is -2.44. The SMILES string of the molecule is CN(CCC(=O)O)C(=O)C1(c2ccc(Cl)cc2)CCCC1. The van der Waals surface area contributed by atoms with E-state index in [0.29, 0.717) is 5.02 Å². The first-order chi connectivity index (χ1) is 9.95. The predicted molar refractivity (Wildman–Crippen MR) is 81.5 cm³/mol. The van der Waals surface area contributed by atoms with Gasteiger partial charge in [-0.05, 0) is 30.5 Å². The van der Waals surface area contributed by atoms with Gasteiger partial charge in [-0.2, -0.15) is 0 Å². The van der Waals surface area contributed by atoms with E-state index < -0.39 is 11.4 Å². The highest BCUT2D eigenvalue weighted by atomic mass is 35.5.